The number of nitrogens with zero attached hydrogens (tertiary/aromatic N) is 2. The minimum atomic E-state index is -0.367. The lowest BCUT2D eigenvalue weighted by atomic mass is 10.1. The van der Waals surface area contributed by atoms with E-state index in [0.29, 0.717) is 47.8 Å². The minimum absolute atomic E-state index is 0.0412. The predicted molar refractivity (Wildman–Crippen MR) is 120 cm³/mol. The van der Waals surface area contributed by atoms with Crippen molar-refractivity contribution in [3.8, 4) is 11.5 Å². The maximum Gasteiger partial charge on any atom is 0.275 e. The number of carbonyl (C=O) groups is 2. The lowest BCUT2D eigenvalue weighted by Gasteiger charge is -2.26. The molecule has 2 aromatic carbocycles. The average Bonchev–Trinajstić information content (AvgIpc) is 2.78. The van der Waals surface area contributed by atoms with Crippen LogP contribution in [0.3, 0.4) is 0 Å². The molecule has 0 saturated carbocycles. The third-order valence-electron chi connectivity index (χ3n) is 4.65. The number of benzene rings is 2. The highest BCUT2D eigenvalue weighted by atomic mass is 79.9. The van der Waals surface area contributed by atoms with Gasteiger partial charge in [0.15, 0.2) is 6.61 Å². The Hall–Kier alpha value is -2.91. The monoisotopic (exact) mass is 489 g/mol. The normalized spacial score (nSPS) is 13.8. The van der Waals surface area contributed by atoms with Crippen molar-refractivity contribution in [3.63, 3.8) is 0 Å². The molecular weight excluding hydrogens is 466 g/mol. The quantitative estimate of drug-likeness (QED) is 0.477. The molecule has 1 saturated heterocycles. The molecule has 0 atom stereocenters. The van der Waals surface area contributed by atoms with Crippen LogP contribution in [0.4, 0.5) is 0 Å². The van der Waals surface area contributed by atoms with Gasteiger partial charge < -0.3 is 19.1 Å². The molecule has 164 valence electrons. The first-order valence-electron chi connectivity index (χ1n) is 9.74. The zero-order valence-electron chi connectivity index (χ0n) is 17.4. The summed E-state index contributed by atoms with van der Waals surface area (Å²) in [5.41, 5.74) is 4.64. The first-order valence-corrected chi connectivity index (χ1v) is 10.5. The Morgan fingerprint density at radius 1 is 1.19 bits per heavy atom. The highest BCUT2D eigenvalue weighted by Crippen LogP contribution is 2.25. The zero-order valence-corrected chi connectivity index (χ0v) is 19.0. The van der Waals surface area contributed by atoms with Crippen LogP contribution in [-0.2, 0) is 9.53 Å². The van der Waals surface area contributed by atoms with E-state index in [1.165, 1.54) is 13.3 Å². The van der Waals surface area contributed by atoms with E-state index < -0.39 is 0 Å². The van der Waals surface area contributed by atoms with E-state index in [0.717, 1.165) is 11.1 Å². The van der Waals surface area contributed by atoms with Crippen LogP contribution >= 0.6 is 15.9 Å². The molecule has 0 unspecified atom stereocenters. The van der Waals surface area contributed by atoms with Gasteiger partial charge in [-0.25, -0.2) is 5.43 Å². The molecule has 31 heavy (non-hydrogen) atoms. The summed E-state index contributed by atoms with van der Waals surface area (Å²) in [6, 6.07) is 10.6. The molecule has 1 fully saturated rings. The molecule has 1 heterocycles. The lowest BCUT2D eigenvalue weighted by Crippen LogP contribution is -2.43. The third-order valence-corrected chi connectivity index (χ3v) is 5.27. The van der Waals surface area contributed by atoms with Crippen LogP contribution in [0, 0.1) is 6.92 Å². The van der Waals surface area contributed by atoms with Crippen molar-refractivity contribution in [1.82, 2.24) is 10.3 Å². The number of methoxy groups -OCH3 is 1. The fourth-order valence-electron chi connectivity index (χ4n) is 2.97. The van der Waals surface area contributed by atoms with E-state index in [2.05, 4.69) is 26.5 Å². The minimum Gasteiger partial charge on any atom is -0.496 e. The largest absolute Gasteiger partial charge is 0.496 e. The molecule has 0 aliphatic carbocycles. The molecule has 0 radical (unpaired) electrons. The predicted octanol–water partition coefficient (Wildman–Crippen LogP) is 2.77. The van der Waals surface area contributed by atoms with Crippen molar-refractivity contribution in [2.75, 3.05) is 40.0 Å². The number of morpholine rings is 1. The van der Waals surface area contributed by atoms with Gasteiger partial charge in [0, 0.05) is 13.1 Å². The van der Waals surface area contributed by atoms with Crippen LogP contribution in [0.5, 0.6) is 11.5 Å². The topological polar surface area (TPSA) is 89.5 Å². The van der Waals surface area contributed by atoms with Crippen molar-refractivity contribution in [2.45, 2.75) is 6.92 Å². The van der Waals surface area contributed by atoms with Crippen molar-refractivity contribution in [1.29, 1.82) is 0 Å². The maximum absolute atomic E-state index is 12.3. The Balaban J connectivity index is 1.55. The van der Waals surface area contributed by atoms with Gasteiger partial charge in [0.25, 0.3) is 11.8 Å². The van der Waals surface area contributed by atoms with Gasteiger partial charge in [0.2, 0.25) is 0 Å². The second-order valence-electron chi connectivity index (χ2n) is 6.87. The van der Waals surface area contributed by atoms with E-state index in [1.807, 2.05) is 13.0 Å². The van der Waals surface area contributed by atoms with Gasteiger partial charge in [-0.1, -0.05) is 6.07 Å². The molecule has 9 heteroatoms. The number of carbonyl (C=O) groups excluding carboxylic acids is 2. The smallest absolute Gasteiger partial charge is 0.275 e. The zero-order chi connectivity index (χ0) is 22.2. The second kappa shape index (κ2) is 10.9. The number of ether oxygens (including phenoxy) is 3. The van der Waals surface area contributed by atoms with Crippen molar-refractivity contribution >= 4 is 34.0 Å². The van der Waals surface area contributed by atoms with Gasteiger partial charge in [-0.2, -0.15) is 5.10 Å². The van der Waals surface area contributed by atoms with E-state index in [4.69, 9.17) is 14.2 Å². The molecule has 1 aliphatic rings. The van der Waals surface area contributed by atoms with Crippen molar-refractivity contribution in [3.05, 3.63) is 57.6 Å². The van der Waals surface area contributed by atoms with E-state index in [9.17, 15) is 9.59 Å². The molecule has 1 aliphatic heterocycles. The summed E-state index contributed by atoms with van der Waals surface area (Å²) in [4.78, 5) is 26.3. The summed E-state index contributed by atoms with van der Waals surface area (Å²) in [5.74, 6) is 0.597. The van der Waals surface area contributed by atoms with Gasteiger partial charge in [-0.3, -0.25) is 9.59 Å². The molecule has 0 spiro atoms. The van der Waals surface area contributed by atoms with Crippen molar-refractivity contribution in [2.24, 2.45) is 5.10 Å². The molecule has 2 amide bonds. The number of hydrogen-bond acceptors (Lipinski definition) is 6. The Morgan fingerprint density at radius 3 is 2.68 bits per heavy atom. The number of nitrogens with one attached hydrogen (secondary N) is 1. The molecule has 0 aromatic heterocycles. The number of amides is 2. The fourth-order valence-corrected chi connectivity index (χ4v) is 3.48. The lowest BCUT2D eigenvalue weighted by molar-refractivity contribution is -0.137. The summed E-state index contributed by atoms with van der Waals surface area (Å²) < 4.78 is 16.8. The molecule has 3 rings (SSSR count). The van der Waals surface area contributed by atoms with Gasteiger partial charge in [-0.05, 0) is 64.3 Å². The molecular formula is C22H24BrN3O5. The van der Waals surface area contributed by atoms with Gasteiger partial charge in [0.05, 0.1) is 36.6 Å². The van der Waals surface area contributed by atoms with E-state index >= 15 is 0 Å². The Morgan fingerprint density at radius 2 is 1.97 bits per heavy atom. The number of aryl methyl sites for hydroxylation is 1. The molecule has 8 nitrogen and oxygen atoms in total. The SMILES string of the molecule is COc1cc(C)ccc1C(=O)NN=Cc1ccc(OCC(=O)N2CCOCC2)c(Br)c1. The van der Waals surface area contributed by atoms with Crippen LogP contribution in [-0.4, -0.2) is 62.9 Å². The number of hydrogen-bond donors (Lipinski definition) is 1. The standard InChI is InChI=1S/C22H24BrN3O5/c1-15-3-5-17(20(11-15)29-2)22(28)25-24-13-16-4-6-19(18(23)12-16)31-14-21(27)26-7-9-30-10-8-26/h3-6,11-13H,7-10,14H2,1-2H3,(H,25,28). The molecule has 0 bridgehead atoms. The molecule has 2 aromatic rings. The second-order valence-corrected chi connectivity index (χ2v) is 7.73. The highest BCUT2D eigenvalue weighted by Gasteiger charge is 2.17. The summed E-state index contributed by atoms with van der Waals surface area (Å²) in [7, 11) is 1.52. The third kappa shape index (κ3) is 6.28. The van der Waals surface area contributed by atoms with Gasteiger partial charge in [-0.15, -0.1) is 0 Å². The Kier molecular flexibility index (Phi) is 8.02. The summed E-state index contributed by atoms with van der Waals surface area (Å²) >= 11 is 3.44. The first kappa shape index (κ1) is 22.8. The summed E-state index contributed by atoms with van der Waals surface area (Å²) in [6.07, 6.45) is 1.52. The average molecular weight is 490 g/mol. The number of halogens is 1. The van der Waals surface area contributed by atoms with Crippen LogP contribution in [0.15, 0.2) is 46.0 Å². The van der Waals surface area contributed by atoms with Crippen LogP contribution in [0.2, 0.25) is 0 Å². The van der Waals surface area contributed by atoms with Crippen LogP contribution in [0.1, 0.15) is 21.5 Å². The first-order chi connectivity index (χ1) is 15.0. The van der Waals surface area contributed by atoms with E-state index in [1.54, 1.807) is 35.2 Å². The Bertz CT molecular complexity index is 974. The number of rotatable bonds is 7. The maximum atomic E-state index is 12.3. The molecule has 1 N–H and O–H groups in total. The van der Waals surface area contributed by atoms with Crippen molar-refractivity contribution < 1.29 is 23.8 Å². The van der Waals surface area contributed by atoms with Gasteiger partial charge in [0.1, 0.15) is 11.5 Å². The fraction of sp³-hybridized carbons (Fsp3) is 0.318. The van der Waals surface area contributed by atoms with E-state index in [-0.39, 0.29) is 18.4 Å². The Labute approximate surface area is 189 Å². The summed E-state index contributed by atoms with van der Waals surface area (Å²) in [5, 5.41) is 4.01. The van der Waals surface area contributed by atoms with Crippen LogP contribution in [0.25, 0.3) is 0 Å². The number of hydrazone groups is 1. The van der Waals surface area contributed by atoms with Gasteiger partial charge >= 0.3 is 0 Å². The highest BCUT2D eigenvalue weighted by molar-refractivity contribution is 9.10. The van der Waals surface area contributed by atoms with Crippen LogP contribution < -0.4 is 14.9 Å². The summed E-state index contributed by atoms with van der Waals surface area (Å²) in [6.45, 7) is 4.15.